The van der Waals surface area contributed by atoms with Crippen LogP contribution in [0.3, 0.4) is 0 Å². The topological polar surface area (TPSA) is 148 Å². The molecule has 0 spiro atoms. The van der Waals surface area contributed by atoms with E-state index >= 15 is 0 Å². The van der Waals surface area contributed by atoms with Crippen LogP contribution in [-0.4, -0.2) is 43.3 Å². The van der Waals surface area contributed by atoms with Crippen molar-refractivity contribution in [3.8, 4) is 17.2 Å². The number of carboxylic acids is 1. The van der Waals surface area contributed by atoms with Crippen molar-refractivity contribution in [2.45, 2.75) is 19.8 Å². The molecule has 0 atom stereocenters. The molecule has 0 saturated heterocycles. The standard InChI is InChI=1S/C22H21N7O4/c1-12(2)19-28-29-20(33-19)13-7-6-8-15(17(13)32-3)25-18-14(21(30)31)11-24-22(27-18)26-16-9-4-5-10-23-16/h4-12H,1-3H3,(H,30,31)(H2,23,24,25,26,27). The highest BCUT2D eigenvalue weighted by atomic mass is 16.5. The quantitative estimate of drug-likeness (QED) is 0.356. The molecule has 0 fully saturated rings. The number of methoxy groups -OCH3 is 1. The smallest absolute Gasteiger partial charge is 0.341 e. The Morgan fingerprint density at radius 3 is 2.61 bits per heavy atom. The number of carboxylic acid groups (broad SMARTS) is 1. The summed E-state index contributed by atoms with van der Waals surface area (Å²) in [6.07, 6.45) is 2.83. The Morgan fingerprint density at radius 2 is 1.94 bits per heavy atom. The highest BCUT2D eigenvalue weighted by Gasteiger charge is 2.20. The van der Waals surface area contributed by atoms with Crippen LogP contribution in [0.2, 0.25) is 0 Å². The van der Waals surface area contributed by atoms with Crippen molar-refractivity contribution in [3.05, 3.63) is 60.2 Å². The molecule has 0 unspecified atom stereocenters. The first-order valence-corrected chi connectivity index (χ1v) is 10.0. The van der Waals surface area contributed by atoms with Crippen LogP contribution >= 0.6 is 0 Å². The number of aromatic nitrogens is 5. The normalized spacial score (nSPS) is 10.8. The van der Waals surface area contributed by atoms with Gasteiger partial charge in [-0.15, -0.1) is 10.2 Å². The first-order chi connectivity index (χ1) is 16.0. The zero-order valence-corrected chi connectivity index (χ0v) is 18.1. The summed E-state index contributed by atoms with van der Waals surface area (Å²) < 4.78 is 11.4. The van der Waals surface area contributed by atoms with Gasteiger partial charge in [0.05, 0.1) is 18.4 Å². The average Bonchev–Trinajstić information content (AvgIpc) is 3.30. The lowest BCUT2D eigenvalue weighted by Crippen LogP contribution is -2.09. The summed E-state index contributed by atoms with van der Waals surface area (Å²) in [5.41, 5.74) is 0.901. The first-order valence-electron chi connectivity index (χ1n) is 10.0. The molecule has 0 radical (unpaired) electrons. The highest BCUT2D eigenvalue weighted by molar-refractivity contribution is 5.94. The number of hydrogen-bond donors (Lipinski definition) is 3. The van der Waals surface area contributed by atoms with Gasteiger partial charge in [-0.25, -0.2) is 14.8 Å². The number of benzene rings is 1. The van der Waals surface area contributed by atoms with E-state index in [2.05, 4.69) is 35.8 Å². The molecule has 11 heteroatoms. The Hall–Kier alpha value is -4.54. The minimum absolute atomic E-state index is 0.0692. The number of nitrogens with zero attached hydrogens (tertiary/aromatic N) is 5. The molecule has 0 saturated carbocycles. The molecule has 1 aromatic carbocycles. The van der Waals surface area contributed by atoms with Gasteiger partial charge in [-0.3, -0.25) is 0 Å². The van der Waals surface area contributed by atoms with Crippen molar-refractivity contribution in [3.63, 3.8) is 0 Å². The van der Waals surface area contributed by atoms with E-state index in [1.54, 1.807) is 42.6 Å². The Labute approximate surface area is 188 Å². The van der Waals surface area contributed by atoms with Crippen LogP contribution in [0.5, 0.6) is 5.75 Å². The van der Waals surface area contributed by atoms with Gasteiger partial charge >= 0.3 is 5.97 Å². The number of carbonyl (C=O) groups is 1. The second-order valence-electron chi connectivity index (χ2n) is 7.21. The van der Waals surface area contributed by atoms with E-state index < -0.39 is 5.97 Å². The Morgan fingerprint density at radius 1 is 1.09 bits per heavy atom. The minimum atomic E-state index is -1.18. The molecule has 0 amide bonds. The van der Waals surface area contributed by atoms with Gasteiger partial charge in [-0.05, 0) is 24.3 Å². The number of para-hydroxylation sites is 1. The molecule has 4 aromatic rings. The molecule has 4 rings (SSSR count). The van der Waals surface area contributed by atoms with Crippen molar-refractivity contribution < 1.29 is 19.1 Å². The number of hydrogen-bond acceptors (Lipinski definition) is 10. The van der Waals surface area contributed by atoms with E-state index in [0.717, 1.165) is 0 Å². The van der Waals surface area contributed by atoms with Gasteiger partial charge in [0.1, 0.15) is 11.4 Å². The van der Waals surface area contributed by atoms with E-state index in [4.69, 9.17) is 9.15 Å². The monoisotopic (exact) mass is 447 g/mol. The molecule has 3 N–H and O–H groups in total. The number of anilines is 4. The fourth-order valence-corrected chi connectivity index (χ4v) is 2.97. The van der Waals surface area contributed by atoms with Gasteiger partial charge in [0.25, 0.3) is 5.89 Å². The van der Waals surface area contributed by atoms with Gasteiger partial charge in [-0.1, -0.05) is 26.0 Å². The van der Waals surface area contributed by atoms with E-state index in [9.17, 15) is 9.90 Å². The van der Waals surface area contributed by atoms with Crippen LogP contribution in [0, 0.1) is 0 Å². The number of nitrogens with one attached hydrogen (secondary N) is 2. The predicted octanol–water partition coefficient (Wildman–Crippen LogP) is 4.24. The van der Waals surface area contributed by atoms with Crippen LogP contribution in [0.4, 0.5) is 23.3 Å². The molecule has 33 heavy (non-hydrogen) atoms. The lowest BCUT2D eigenvalue weighted by atomic mass is 10.1. The third-order valence-electron chi connectivity index (χ3n) is 4.56. The van der Waals surface area contributed by atoms with Crippen LogP contribution in [0.1, 0.15) is 36.0 Å². The van der Waals surface area contributed by atoms with Gasteiger partial charge in [0.15, 0.2) is 11.6 Å². The van der Waals surface area contributed by atoms with Crippen LogP contribution in [0.15, 0.2) is 53.2 Å². The minimum Gasteiger partial charge on any atom is -0.494 e. The fraction of sp³-hybridized carbons (Fsp3) is 0.182. The maximum absolute atomic E-state index is 11.8. The maximum atomic E-state index is 11.8. The molecule has 3 heterocycles. The second-order valence-corrected chi connectivity index (χ2v) is 7.21. The molecule has 0 aliphatic heterocycles. The van der Waals surface area contributed by atoms with Crippen molar-refractivity contribution in [2.75, 3.05) is 17.7 Å². The second kappa shape index (κ2) is 9.30. The largest absolute Gasteiger partial charge is 0.494 e. The molecule has 3 aromatic heterocycles. The highest BCUT2D eigenvalue weighted by Crippen LogP contribution is 2.38. The summed E-state index contributed by atoms with van der Waals surface area (Å²) in [6, 6.07) is 10.6. The number of pyridine rings is 1. The van der Waals surface area contributed by atoms with Gasteiger partial charge in [0.2, 0.25) is 11.8 Å². The number of aromatic carboxylic acids is 1. The average molecular weight is 447 g/mol. The van der Waals surface area contributed by atoms with Gasteiger partial charge in [-0.2, -0.15) is 4.98 Å². The molecule has 0 aliphatic carbocycles. The SMILES string of the molecule is COc1c(Nc2nc(Nc3ccccn3)ncc2C(=O)O)cccc1-c1nnc(C(C)C)o1. The molecule has 11 nitrogen and oxygen atoms in total. The van der Waals surface area contributed by atoms with Gasteiger partial charge < -0.3 is 24.9 Å². The first kappa shape index (κ1) is 21.7. The lowest BCUT2D eigenvalue weighted by Gasteiger charge is -2.15. The summed E-state index contributed by atoms with van der Waals surface area (Å²) in [4.78, 5) is 24.3. The molecular weight excluding hydrogens is 426 g/mol. The molecular formula is C22H21N7O4. The van der Waals surface area contributed by atoms with Crippen molar-refractivity contribution in [2.24, 2.45) is 0 Å². The third kappa shape index (κ3) is 4.71. The van der Waals surface area contributed by atoms with Crippen molar-refractivity contribution in [1.29, 1.82) is 0 Å². The van der Waals surface area contributed by atoms with Crippen molar-refractivity contribution in [1.82, 2.24) is 25.1 Å². The molecule has 0 bridgehead atoms. The molecule has 0 aliphatic rings. The summed E-state index contributed by atoms with van der Waals surface area (Å²) in [5.74, 6) is 0.833. The zero-order valence-electron chi connectivity index (χ0n) is 18.1. The third-order valence-corrected chi connectivity index (χ3v) is 4.56. The van der Waals surface area contributed by atoms with Crippen LogP contribution in [-0.2, 0) is 0 Å². The Bertz CT molecular complexity index is 1270. The van der Waals surface area contributed by atoms with E-state index in [0.29, 0.717) is 28.7 Å². The van der Waals surface area contributed by atoms with Gasteiger partial charge in [0, 0.05) is 18.3 Å². The van der Waals surface area contributed by atoms with Crippen LogP contribution < -0.4 is 15.4 Å². The molecule has 168 valence electrons. The maximum Gasteiger partial charge on any atom is 0.341 e. The van der Waals surface area contributed by atoms with Crippen molar-refractivity contribution >= 4 is 29.2 Å². The summed E-state index contributed by atoms with van der Waals surface area (Å²) in [7, 11) is 1.50. The fourth-order valence-electron chi connectivity index (χ4n) is 2.97. The zero-order chi connectivity index (χ0) is 23.4. The van der Waals surface area contributed by atoms with E-state index in [1.807, 2.05) is 13.8 Å². The lowest BCUT2D eigenvalue weighted by molar-refractivity contribution is 0.0697. The number of rotatable bonds is 8. The predicted molar refractivity (Wildman–Crippen MR) is 120 cm³/mol. The summed E-state index contributed by atoms with van der Waals surface area (Å²) >= 11 is 0. The van der Waals surface area contributed by atoms with E-state index in [-0.39, 0.29) is 29.1 Å². The Kier molecular flexibility index (Phi) is 6.11. The summed E-state index contributed by atoms with van der Waals surface area (Å²) in [5, 5.41) is 23.8. The van der Waals surface area contributed by atoms with Crippen LogP contribution in [0.25, 0.3) is 11.5 Å². The summed E-state index contributed by atoms with van der Waals surface area (Å²) in [6.45, 7) is 3.90. The number of ether oxygens (including phenoxy) is 1. The Balaban J connectivity index is 1.71. The van der Waals surface area contributed by atoms with E-state index in [1.165, 1.54) is 13.3 Å².